The molecule has 0 saturated carbocycles. The molecule has 4 heteroatoms. The molecule has 1 aromatic rings. The average molecular weight is 344 g/mol. The smallest absolute Gasteiger partial charge is 0.251 e. The molecule has 1 aromatic carbocycles. The van der Waals surface area contributed by atoms with Gasteiger partial charge in [0.15, 0.2) is 0 Å². The lowest BCUT2D eigenvalue weighted by Crippen LogP contribution is -2.30. The van der Waals surface area contributed by atoms with Crippen LogP contribution in [0.4, 0.5) is 0 Å². The van der Waals surface area contributed by atoms with E-state index in [1.54, 1.807) is 0 Å². The van der Waals surface area contributed by atoms with Crippen molar-refractivity contribution in [3.63, 3.8) is 0 Å². The van der Waals surface area contributed by atoms with Gasteiger partial charge in [0.05, 0.1) is 0 Å². The molecule has 1 atom stereocenters. The van der Waals surface area contributed by atoms with Gasteiger partial charge in [-0.15, -0.1) is 0 Å². The summed E-state index contributed by atoms with van der Waals surface area (Å²) < 4.78 is 1.15. The first-order valence-corrected chi connectivity index (χ1v) is 7.11. The lowest BCUT2D eigenvalue weighted by molar-refractivity contribution is 0.0952. The SMILES string of the molecule is O=C(NCC[C@H]1CCCN1)c1ccc(I)cc1. The Labute approximate surface area is 116 Å². The van der Waals surface area contributed by atoms with Crippen LogP contribution in [0.2, 0.25) is 0 Å². The molecule has 3 nitrogen and oxygen atoms in total. The Morgan fingerprint density at radius 2 is 2.18 bits per heavy atom. The van der Waals surface area contributed by atoms with Crippen molar-refractivity contribution in [2.75, 3.05) is 13.1 Å². The Morgan fingerprint density at radius 1 is 1.41 bits per heavy atom. The predicted molar refractivity (Wildman–Crippen MR) is 77.1 cm³/mol. The maximum absolute atomic E-state index is 11.8. The number of carbonyl (C=O) groups excluding carboxylic acids is 1. The molecule has 1 amide bonds. The minimum atomic E-state index is 0.0272. The second-order valence-electron chi connectivity index (χ2n) is 4.34. The molecule has 1 saturated heterocycles. The van der Waals surface area contributed by atoms with Crippen molar-refractivity contribution in [2.45, 2.75) is 25.3 Å². The summed E-state index contributed by atoms with van der Waals surface area (Å²) in [4.78, 5) is 11.8. The molecule has 0 aromatic heterocycles. The zero-order valence-corrected chi connectivity index (χ0v) is 11.9. The summed E-state index contributed by atoms with van der Waals surface area (Å²) in [7, 11) is 0. The van der Waals surface area contributed by atoms with Crippen LogP contribution in [-0.4, -0.2) is 25.0 Å². The van der Waals surface area contributed by atoms with E-state index < -0.39 is 0 Å². The van der Waals surface area contributed by atoms with Gasteiger partial charge in [-0.25, -0.2) is 0 Å². The van der Waals surface area contributed by atoms with Crippen LogP contribution in [0.25, 0.3) is 0 Å². The van der Waals surface area contributed by atoms with Crippen molar-refractivity contribution < 1.29 is 4.79 Å². The fraction of sp³-hybridized carbons (Fsp3) is 0.462. The van der Waals surface area contributed by atoms with E-state index >= 15 is 0 Å². The molecular weight excluding hydrogens is 327 g/mol. The van der Waals surface area contributed by atoms with Crippen molar-refractivity contribution in [1.82, 2.24) is 10.6 Å². The highest BCUT2D eigenvalue weighted by molar-refractivity contribution is 14.1. The monoisotopic (exact) mass is 344 g/mol. The molecule has 0 spiro atoms. The van der Waals surface area contributed by atoms with Gasteiger partial charge in [0, 0.05) is 21.7 Å². The fourth-order valence-corrected chi connectivity index (χ4v) is 2.43. The van der Waals surface area contributed by atoms with Crippen LogP contribution >= 0.6 is 22.6 Å². The van der Waals surface area contributed by atoms with Gasteiger partial charge >= 0.3 is 0 Å². The lowest BCUT2D eigenvalue weighted by Gasteiger charge is -2.10. The van der Waals surface area contributed by atoms with E-state index in [-0.39, 0.29) is 5.91 Å². The van der Waals surface area contributed by atoms with E-state index in [1.807, 2.05) is 24.3 Å². The molecule has 92 valence electrons. The number of rotatable bonds is 4. The predicted octanol–water partition coefficient (Wildman–Crippen LogP) is 2.16. The molecule has 1 heterocycles. The Bertz CT molecular complexity index is 372. The molecule has 0 bridgehead atoms. The summed E-state index contributed by atoms with van der Waals surface area (Å²) in [6.07, 6.45) is 3.52. The first kappa shape index (κ1) is 12.8. The number of amides is 1. The van der Waals surface area contributed by atoms with Gasteiger partial charge in [-0.05, 0) is 72.7 Å². The van der Waals surface area contributed by atoms with Crippen LogP contribution in [0.3, 0.4) is 0 Å². The molecule has 1 fully saturated rings. The summed E-state index contributed by atoms with van der Waals surface area (Å²) in [5.41, 5.74) is 0.741. The van der Waals surface area contributed by atoms with E-state index in [1.165, 1.54) is 12.8 Å². The third-order valence-electron chi connectivity index (χ3n) is 3.05. The molecule has 2 rings (SSSR count). The summed E-state index contributed by atoms with van der Waals surface area (Å²) in [5.74, 6) is 0.0272. The molecule has 0 unspecified atom stereocenters. The molecule has 17 heavy (non-hydrogen) atoms. The van der Waals surface area contributed by atoms with Crippen LogP contribution in [0.15, 0.2) is 24.3 Å². The van der Waals surface area contributed by atoms with E-state index in [0.717, 1.165) is 28.6 Å². The Morgan fingerprint density at radius 3 is 2.82 bits per heavy atom. The number of carbonyl (C=O) groups is 1. The molecule has 1 aliphatic rings. The molecular formula is C13H17IN2O. The minimum absolute atomic E-state index is 0.0272. The van der Waals surface area contributed by atoms with E-state index in [9.17, 15) is 4.79 Å². The average Bonchev–Trinajstić information content (AvgIpc) is 2.83. The van der Waals surface area contributed by atoms with E-state index in [4.69, 9.17) is 0 Å². The van der Waals surface area contributed by atoms with Crippen molar-refractivity contribution in [2.24, 2.45) is 0 Å². The van der Waals surface area contributed by atoms with Gasteiger partial charge in [0.25, 0.3) is 5.91 Å². The number of nitrogens with one attached hydrogen (secondary N) is 2. The third-order valence-corrected chi connectivity index (χ3v) is 3.77. The van der Waals surface area contributed by atoms with Gasteiger partial charge in [-0.3, -0.25) is 4.79 Å². The zero-order chi connectivity index (χ0) is 12.1. The summed E-state index contributed by atoms with van der Waals surface area (Å²) in [6.45, 7) is 1.87. The number of benzene rings is 1. The summed E-state index contributed by atoms with van der Waals surface area (Å²) in [6, 6.07) is 8.23. The first-order valence-electron chi connectivity index (χ1n) is 6.03. The normalized spacial score (nSPS) is 19.2. The number of hydrogen-bond acceptors (Lipinski definition) is 2. The highest BCUT2D eigenvalue weighted by atomic mass is 127. The Hall–Kier alpha value is -0.620. The highest BCUT2D eigenvalue weighted by Crippen LogP contribution is 2.08. The molecule has 1 aliphatic heterocycles. The Kier molecular flexibility index (Phi) is 4.79. The molecule has 2 N–H and O–H groups in total. The van der Waals surface area contributed by atoms with E-state index in [0.29, 0.717) is 6.04 Å². The van der Waals surface area contributed by atoms with Gasteiger partial charge in [-0.1, -0.05) is 0 Å². The maximum atomic E-state index is 11.8. The standard InChI is InChI=1S/C13H17IN2O/c14-11-5-3-10(4-6-11)13(17)16-9-7-12-2-1-8-15-12/h3-6,12,15H,1-2,7-9H2,(H,16,17)/t12-/m1/s1. The summed E-state index contributed by atoms with van der Waals surface area (Å²) >= 11 is 2.23. The van der Waals surface area contributed by atoms with Crippen LogP contribution in [0.5, 0.6) is 0 Å². The lowest BCUT2D eigenvalue weighted by atomic mass is 10.1. The topological polar surface area (TPSA) is 41.1 Å². The first-order chi connectivity index (χ1) is 8.25. The maximum Gasteiger partial charge on any atom is 0.251 e. The second kappa shape index (κ2) is 6.35. The van der Waals surface area contributed by atoms with Crippen molar-refractivity contribution >= 4 is 28.5 Å². The van der Waals surface area contributed by atoms with Gasteiger partial charge < -0.3 is 10.6 Å². The number of hydrogen-bond donors (Lipinski definition) is 2. The van der Waals surface area contributed by atoms with Gasteiger partial charge in [0.2, 0.25) is 0 Å². The van der Waals surface area contributed by atoms with Crippen LogP contribution in [0.1, 0.15) is 29.6 Å². The minimum Gasteiger partial charge on any atom is -0.352 e. The Balaban J connectivity index is 1.75. The van der Waals surface area contributed by atoms with Crippen LogP contribution in [-0.2, 0) is 0 Å². The van der Waals surface area contributed by atoms with Crippen LogP contribution < -0.4 is 10.6 Å². The number of halogens is 1. The van der Waals surface area contributed by atoms with Gasteiger partial charge in [0.1, 0.15) is 0 Å². The largest absolute Gasteiger partial charge is 0.352 e. The molecule has 0 radical (unpaired) electrons. The third kappa shape index (κ3) is 3.96. The van der Waals surface area contributed by atoms with Crippen molar-refractivity contribution in [3.8, 4) is 0 Å². The zero-order valence-electron chi connectivity index (χ0n) is 9.71. The van der Waals surface area contributed by atoms with Crippen molar-refractivity contribution in [1.29, 1.82) is 0 Å². The fourth-order valence-electron chi connectivity index (χ4n) is 2.07. The summed E-state index contributed by atoms with van der Waals surface area (Å²) in [5, 5.41) is 6.39. The highest BCUT2D eigenvalue weighted by Gasteiger charge is 2.13. The van der Waals surface area contributed by atoms with E-state index in [2.05, 4.69) is 33.2 Å². The van der Waals surface area contributed by atoms with Crippen LogP contribution in [0, 0.1) is 3.57 Å². The molecule has 0 aliphatic carbocycles. The van der Waals surface area contributed by atoms with Gasteiger partial charge in [-0.2, -0.15) is 0 Å². The quantitative estimate of drug-likeness (QED) is 0.822. The second-order valence-corrected chi connectivity index (χ2v) is 5.59. The van der Waals surface area contributed by atoms with Crippen molar-refractivity contribution in [3.05, 3.63) is 33.4 Å².